The summed E-state index contributed by atoms with van der Waals surface area (Å²) in [5.74, 6) is 0. The molecule has 25 heavy (non-hydrogen) atoms. The van der Waals surface area contributed by atoms with Crippen molar-refractivity contribution in [1.29, 1.82) is 0 Å². The Bertz CT molecular complexity index is 1090. The molecule has 1 aromatic heterocycles. The van der Waals surface area contributed by atoms with Gasteiger partial charge in [-0.1, -0.05) is 18.2 Å². The van der Waals surface area contributed by atoms with Crippen LogP contribution in [0.25, 0.3) is 27.8 Å². The molecule has 0 aliphatic rings. The van der Waals surface area contributed by atoms with Gasteiger partial charge in [0, 0.05) is 41.2 Å². The molecule has 126 valence electrons. The van der Waals surface area contributed by atoms with Gasteiger partial charge in [0.15, 0.2) is 0 Å². The molecule has 4 rings (SSSR count). The molecule has 0 saturated carbocycles. The van der Waals surface area contributed by atoms with Crippen LogP contribution in [0, 0.1) is 13.8 Å². The van der Waals surface area contributed by atoms with E-state index in [2.05, 4.69) is 16.7 Å². The number of nitrogens with two attached hydrogens (primary N) is 2. The first kappa shape index (κ1) is 17.0. The number of benzene rings is 3. The third kappa shape index (κ3) is 2.65. The molecule has 0 bridgehead atoms. The second kappa shape index (κ2) is 6.22. The number of aryl methyl sites for hydroxylation is 2. The summed E-state index contributed by atoms with van der Waals surface area (Å²) in [6.45, 7) is 4.01. The number of nitrogen functional groups attached to an aromatic ring is 2. The minimum atomic E-state index is 0. The molecule has 0 aliphatic carbocycles. The summed E-state index contributed by atoms with van der Waals surface area (Å²) in [5, 5.41) is 0. The lowest BCUT2D eigenvalue weighted by molar-refractivity contribution is -0.538. The fourth-order valence-corrected chi connectivity index (χ4v) is 3.09. The van der Waals surface area contributed by atoms with E-state index in [1.54, 1.807) is 0 Å². The van der Waals surface area contributed by atoms with Crippen molar-refractivity contribution in [2.45, 2.75) is 13.8 Å². The highest BCUT2D eigenvalue weighted by Crippen LogP contribution is 2.25. The van der Waals surface area contributed by atoms with Gasteiger partial charge in [-0.25, -0.2) is 4.98 Å². The van der Waals surface area contributed by atoms with Crippen molar-refractivity contribution in [3.63, 3.8) is 0 Å². The van der Waals surface area contributed by atoms with Gasteiger partial charge in [0.25, 0.3) is 0 Å². The van der Waals surface area contributed by atoms with Crippen LogP contribution in [-0.2, 0) is 0 Å². The molecule has 0 radical (unpaired) electrons. The van der Waals surface area contributed by atoms with Crippen LogP contribution in [0.5, 0.6) is 0 Å². The van der Waals surface area contributed by atoms with E-state index < -0.39 is 0 Å². The zero-order chi connectivity index (χ0) is 16.8. The Morgan fingerprint density at radius 1 is 0.840 bits per heavy atom. The molecule has 0 saturated heterocycles. The zero-order valence-electron chi connectivity index (χ0n) is 14.1. The van der Waals surface area contributed by atoms with Gasteiger partial charge >= 0.3 is 0 Å². The fraction of sp³-hybridized carbons (Fsp3) is 0.100. The van der Waals surface area contributed by atoms with Crippen LogP contribution >= 0.6 is 0 Å². The van der Waals surface area contributed by atoms with Crippen LogP contribution < -0.4 is 28.4 Å². The Morgan fingerprint density at radius 2 is 1.56 bits per heavy atom. The highest BCUT2D eigenvalue weighted by molar-refractivity contribution is 5.88. The van der Waals surface area contributed by atoms with Gasteiger partial charge in [-0.15, -0.1) is 4.57 Å². The number of anilines is 2. The normalized spacial score (nSPS) is 10.8. The SMILES string of the molecule is Cc1cc2nc3c(C)c(N)ccc3[n+](-c3ccccc3)c2cc1N.[Cl-]. The number of fused-ring (bicyclic) bond motifs is 2. The highest BCUT2D eigenvalue weighted by Gasteiger charge is 2.21. The van der Waals surface area contributed by atoms with E-state index in [4.69, 9.17) is 16.5 Å². The van der Waals surface area contributed by atoms with Crippen LogP contribution in [0.1, 0.15) is 11.1 Å². The quantitative estimate of drug-likeness (QED) is 0.297. The molecule has 3 aromatic carbocycles. The molecule has 0 amide bonds. The molecular weight excluding hydrogens is 332 g/mol. The predicted molar refractivity (Wildman–Crippen MR) is 99.1 cm³/mol. The third-order valence-corrected chi connectivity index (χ3v) is 4.54. The Morgan fingerprint density at radius 3 is 2.28 bits per heavy atom. The lowest BCUT2D eigenvalue weighted by Gasteiger charge is -2.09. The van der Waals surface area contributed by atoms with Crippen molar-refractivity contribution in [2.75, 3.05) is 11.5 Å². The van der Waals surface area contributed by atoms with Gasteiger partial charge in [-0.2, -0.15) is 0 Å². The molecule has 0 spiro atoms. The van der Waals surface area contributed by atoms with E-state index in [-0.39, 0.29) is 12.4 Å². The number of hydrogen-bond acceptors (Lipinski definition) is 3. The van der Waals surface area contributed by atoms with Crippen LogP contribution in [0.15, 0.2) is 54.6 Å². The van der Waals surface area contributed by atoms with E-state index in [1.165, 1.54) is 0 Å². The highest BCUT2D eigenvalue weighted by atomic mass is 35.5. The van der Waals surface area contributed by atoms with Crippen LogP contribution in [0.2, 0.25) is 0 Å². The molecule has 4 nitrogen and oxygen atoms in total. The van der Waals surface area contributed by atoms with Crippen molar-refractivity contribution in [2.24, 2.45) is 0 Å². The number of hydrogen-bond donors (Lipinski definition) is 2. The number of rotatable bonds is 1. The summed E-state index contributed by atoms with van der Waals surface area (Å²) in [7, 11) is 0. The van der Waals surface area contributed by atoms with Gasteiger partial charge in [0.2, 0.25) is 16.7 Å². The van der Waals surface area contributed by atoms with Crippen molar-refractivity contribution < 1.29 is 17.0 Å². The fourth-order valence-electron chi connectivity index (χ4n) is 3.09. The van der Waals surface area contributed by atoms with Crippen LogP contribution in [0.4, 0.5) is 11.4 Å². The maximum Gasteiger partial charge on any atom is 0.239 e. The molecule has 0 unspecified atom stereocenters. The van der Waals surface area contributed by atoms with Gasteiger partial charge in [0.05, 0.1) is 0 Å². The van der Waals surface area contributed by atoms with E-state index in [1.807, 2.05) is 56.3 Å². The summed E-state index contributed by atoms with van der Waals surface area (Å²) in [6.07, 6.45) is 0. The number of nitrogens with zero attached hydrogens (tertiary/aromatic N) is 2. The molecule has 0 aliphatic heterocycles. The van der Waals surface area contributed by atoms with Crippen molar-refractivity contribution in [3.05, 3.63) is 65.7 Å². The van der Waals surface area contributed by atoms with E-state index in [0.29, 0.717) is 0 Å². The van der Waals surface area contributed by atoms with Gasteiger partial charge < -0.3 is 23.9 Å². The third-order valence-electron chi connectivity index (χ3n) is 4.54. The minimum absolute atomic E-state index is 0. The smallest absolute Gasteiger partial charge is 0.239 e. The predicted octanol–water partition coefficient (Wildman–Crippen LogP) is 0.450. The maximum absolute atomic E-state index is 6.17. The lowest BCUT2D eigenvalue weighted by Crippen LogP contribution is -3.00. The largest absolute Gasteiger partial charge is 1.00 e. The van der Waals surface area contributed by atoms with Gasteiger partial charge in [-0.3, -0.25) is 0 Å². The van der Waals surface area contributed by atoms with Gasteiger partial charge in [0.1, 0.15) is 11.0 Å². The summed E-state index contributed by atoms with van der Waals surface area (Å²) in [5.41, 5.74) is 20.7. The molecule has 4 aromatic rings. The average Bonchev–Trinajstić information content (AvgIpc) is 2.59. The summed E-state index contributed by atoms with van der Waals surface area (Å²) >= 11 is 0. The first-order valence-electron chi connectivity index (χ1n) is 7.92. The first-order valence-corrected chi connectivity index (χ1v) is 7.92. The standard InChI is InChI=1S/C20H18N4.ClH/c1-12-10-17-19(11-16(12)22)24(14-6-4-3-5-7-14)18-9-8-15(21)13(2)20(18)23-17;/h3-11,22H,21H2,1-2H3;1H. The van der Waals surface area contributed by atoms with Gasteiger partial charge in [-0.05, 0) is 31.5 Å². The summed E-state index contributed by atoms with van der Waals surface area (Å²) in [4.78, 5) is 4.87. The molecule has 1 heterocycles. The Kier molecular flexibility index (Phi) is 4.23. The van der Waals surface area contributed by atoms with Crippen molar-refractivity contribution in [1.82, 2.24) is 4.98 Å². The van der Waals surface area contributed by atoms with E-state index in [9.17, 15) is 0 Å². The Hall–Kier alpha value is -2.85. The number of aromatic nitrogens is 2. The van der Waals surface area contributed by atoms with Crippen molar-refractivity contribution in [3.8, 4) is 5.69 Å². The maximum atomic E-state index is 6.17. The van der Waals surface area contributed by atoms with Crippen molar-refractivity contribution >= 4 is 33.4 Å². The first-order chi connectivity index (χ1) is 11.6. The molecular formula is C20H19ClN4. The average molecular weight is 351 g/mol. The second-order valence-corrected chi connectivity index (χ2v) is 6.13. The summed E-state index contributed by atoms with van der Waals surface area (Å²) in [6, 6.07) is 18.2. The monoisotopic (exact) mass is 350 g/mol. The molecule has 4 N–H and O–H groups in total. The minimum Gasteiger partial charge on any atom is -1.00 e. The zero-order valence-corrected chi connectivity index (χ0v) is 14.9. The molecule has 0 atom stereocenters. The van der Waals surface area contributed by atoms with Crippen LogP contribution in [0.3, 0.4) is 0 Å². The molecule has 0 fully saturated rings. The number of halogens is 1. The van der Waals surface area contributed by atoms with Crippen LogP contribution in [-0.4, -0.2) is 4.98 Å². The topological polar surface area (TPSA) is 68.8 Å². The lowest BCUT2D eigenvalue weighted by atomic mass is 10.1. The molecule has 5 heteroatoms. The Balaban J connectivity index is 0.00000182. The number of para-hydroxylation sites is 1. The second-order valence-electron chi connectivity index (χ2n) is 6.13. The Labute approximate surface area is 152 Å². The van der Waals surface area contributed by atoms with E-state index >= 15 is 0 Å². The van der Waals surface area contributed by atoms with E-state index in [0.717, 1.165) is 50.3 Å². The summed E-state index contributed by atoms with van der Waals surface area (Å²) < 4.78 is 2.19.